The molecule has 0 spiro atoms. The van der Waals surface area contributed by atoms with Gasteiger partial charge < -0.3 is 10.6 Å². The molecule has 0 radical (unpaired) electrons. The monoisotopic (exact) mass is 302 g/mol. The molecular formula is C18H26N2O2. The molecule has 1 atom stereocenters. The molecule has 2 rings (SSSR count). The molecule has 1 aliphatic carbocycles. The molecule has 120 valence electrons. The van der Waals surface area contributed by atoms with Gasteiger partial charge in [-0.1, -0.05) is 25.0 Å². The first-order valence-corrected chi connectivity index (χ1v) is 8.07. The third-order valence-electron chi connectivity index (χ3n) is 4.59. The minimum absolute atomic E-state index is 0.164. The predicted octanol–water partition coefficient (Wildman–Crippen LogP) is 2.85. The number of hydrogen-bond donors (Lipinski definition) is 2. The highest BCUT2D eigenvalue weighted by molar-refractivity contribution is 6.35. The number of nitrogens with one attached hydrogen (secondary N) is 2. The van der Waals surface area contributed by atoms with Gasteiger partial charge in [-0.05, 0) is 62.8 Å². The number of carbonyl (C=O) groups excluding carboxylic acids is 2. The van der Waals surface area contributed by atoms with Crippen molar-refractivity contribution in [2.75, 3.05) is 0 Å². The highest BCUT2D eigenvalue weighted by atomic mass is 16.2. The molecule has 1 aromatic carbocycles. The summed E-state index contributed by atoms with van der Waals surface area (Å²) in [7, 11) is 0. The summed E-state index contributed by atoms with van der Waals surface area (Å²) < 4.78 is 0. The Hall–Kier alpha value is -1.84. The Morgan fingerprint density at radius 2 is 1.59 bits per heavy atom. The van der Waals surface area contributed by atoms with Gasteiger partial charge in [0.15, 0.2) is 0 Å². The normalized spacial score (nSPS) is 16.4. The van der Waals surface area contributed by atoms with E-state index < -0.39 is 11.8 Å². The van der Waals surface area contributed by atoms with Crippen LogP contribution in [0.25, 0.3) is 0 Å². The average Bonchev–Trinajstić information content (AvgIpc) is 2.95. The maximum atomic E-state index is 12.1. The molecule has 1 aliphatic rings. The van der Waals surface area contributed by atoms with Crippen LogP contribution in [0.2, 0.25) is 0 Å². The summed E-state index contributed by atoms with van der Waals surface area (Å²) in [5.74, 6) is -1.06. The van der Waals surface area contributed by atoms with Crippen LogP contribution in [0, 0.1) is 20.8 Å². The first-order chi connectivity index (χ1) is 10.4. The van der Waals surface area contributed by atoms with Crippen molar-refractivity contribution in [3.63, 3.8) is 0 Å². The Balaban J connectivity index is 1.98. The second-order valence-corrected chi connectivity index (χ2v) is 6.44. The van der Waals surface area contributed by atoms with Gasteiger partial charge in [-0.3, -0.25) is 9.59 Å². The first kappa shape index (κ1) is 16.5. The van der Waals surface area contributed by atoms with E-state index in [-0.39, 0.29) is 12.1 Å². The first-order valence-electron chi connectivity index (χ1n) is 8.07. The Morgan fingerprint density at radius 1 is 1.00 bits per heavy atom. The quantitative estimate of drug-likeness (QED) is 0.844. The largest absolute Gasteiger partial charge is 0.345 e. The van der Waals surface area contributed by atoms with E-state index in [1.54, 1.807) is 0 Å². The van der Waals surface area contributed by atoms with E-state index in [0.717, 1.165) is 36.8 Å². The predicted molar refractivity (Wildman–Crippen MR) is 87.6 cm³/mol. The van der Waals surface area contributed by atoms with Crippen LogP contribution in [-0.2, 0) is 9.59 Å². The van der Waals surface area contributed by atoms with Gasteiger partial charge in [-0.2, -0.15) is 0 Å². The number of rotatable bonds is 3. The zero-order valence-corrected chi connectivity index (χ0v) is 14.0. The molecule has 0 unspecified atom stereocenters. The lowest BCUT2D eigenvalue weighted by Crippen LogP contribution is -2.44. The lowest BCUT2D eigenvalue weighted by atomic mass is 9.96. The lowest BCUT2D eigenvalue weighted by molar-refractivity contribution is -0.140. The number of benzene rings is 1. The minimum atomic E-state index is -0.544. The smallest absolute Gasteiger partial charge is 0.309 e. The summed E-state index contributed by atoms with van der Waals surface area (Å²) in [6.07, 6.45) is 4.21. The van der Waals surface area contributed by atoms with Gasteiger partial charge in [-0.15, -0.1) is 0 Å². The van der Waals surface area contributed by atoms with Crippen molar-refractivity contribution in [3.8, 4) is 0 Å². The van der Waals surface area contributed by atoms with Gasteiger partial charge in [0.1, 0.15) is 0 Å². The van der Waals surface area contributed by atoms with Crippen LogP contribution < -0.4 is 10.6 Å². The molecule has 4 heteroatoms. The molecule has 0 aromatic heterocycles. The van der Waals surface area contributed by atoms with Crippen molar-refractivity contribution in [2.24, 2.45) is 0 Å². The van der Waals surface area contributed by atoms with Crippen molar-refractivity contribution in [1.29, 1.82) is 0 Å². The summed E-state index contributed by atoms with van der Waals surface area (Å²) in [5.41, 5.74) is 4.62. The van der Waals surface area contributed by atoms with E-state index >= 15 is 0 Å². The van der Waals surface area contributed by atoms with Crippen molar-refractivity contribution in [1.82, 2.24) is 10.6 Å². The van der Waals surface area contributed by atoms with Crippen LogP contribution in [-0.4, -0.2) is 17.9 Å². The van der Waals surface area contributed by atoms with Crippen LogP contribution in [0.4, 0.5) is 0 Å². The highest BCUT2D eigenvalue weighted by Crippen LogP contribution is 2.21. The van der Waals surface area contributed by atoms with Gasteiger partial charge in [0.2, 0.25) is 0 Å². The molecule has 2 amide bonds. The average molecular weight is 302 g/mol. The van der Waals surface area contributed by atoms with E-state index in [4.69, 9.17) is 0 Å². The zero-order valence-electron chi connectivity index (χ0n) is 14.0. The Bertz CT molecular complexity index is 575. The molecule has 0 aliphatic heterocycles. The maximum Gasteiger partial charge on any atom is 0.309 e. The summed E-state index contributed by atoms with van der Waals surface area (Å²) in [4.78, 5) is 24.0. The van der Waals surface area contributed by atoms with E-state index in [9.17, 15) is 9.59 Å². The molecule has 2 N–H and O–H groups in total. The number of carbonyl (C=O) groups is 2. The van der Waals surface area contributed by atoms with Crippen molar-refractivity contribution < 1.29 is 9.59 Å². The molecule has 0 bridgehead atoms. The summed E-state index contributed by atoms with van der Waals surface area (Å²) in [6.45, 7) is 8.07. The van der Waals surface area contributed by atoms with Crippen LogP contribution in [0.5, 0.6) is 0 Å². The summed E-state index contributed by atoms with van der Waals surface area (Å²) in [5, 5.41) is 5.63. The zero-order chi connectivity index (χ0) is 16.3. The minimum Gasteiger partial charge on any atom is -0.345 e. The van der Waals surface area contributed by atoms with Gasteiger partial charge in [0, 0.05) is 6.04 Å². The van der Waals surface area contributed by atoms with Crippen LogP contribution in [0.3, 0.4) is 0 Å². The third kappa shape index (κ3) is 3.87. The Morgan fingerprint density at radius 3 is 2.23 bits per heavy atom. The molecule has 1 fully saturated rings. The van der Waals surface area contributed by atoms with Gasteiger partial charge >= 0.3 is 11.8 Å². The molecule has 1 aromatic rings. The Labute approximate surface area is 132 Å². The van der Waals surface area contributed by atoms with Crippen LogP contribution in [0.1, 0.15) is 60.9 Å². The molecule has 22 heavy (non-hydrogen) atoms. The topological polar surface area (TPSA) is 58.2 Å². The van der Waals surface area contributed by atoms with Crippen LogP contribution in [0.15, 0.2) is 12.1 Å². The van der Waals surface area contributed by atoms with Gasteiger partial charge in [-0.25, -0.2) is 0 Å². The van der Waals surface area contributed by atoms with E-state index in [1.807, 2.05) is 13.8 Å². The number of hydrogen-bond acceptors (Lipinski definition) is 2. The fraction of sp³-hybridized carbons (Fsp3) is 0.556. The Kier molecular flexibility index (Phi) is 5.22. The van der Waals surface area contributed by atoms with E-state index in [1.165, 1.54) is 11.1 Å². The van der Waals surface area contributed by atoms with Crippen LogP contribution >= 0.6 is 0 Å². The molecule has 4 nitrogen and oxygen atoms in total. The molecule has 1 saturated carbocycles. The molecule has 0 heterocycles. The van der Waals surface area contributed by atoms with Gasteiger partial charge in [0.25, 0.3) is 0 Å². The number of amides is 2. The van der Waals surface area contributed by atoms with Gasteiger partial charge in [0.05, 0.1) is 6.04 Å². The van der Waals surface area contributed by atoms with Crippen molar-refractivity contribution in [2.45, 2.75) is 65.5 Å². The van der Waals surface area contributed by atoms with E-state index in [2.05, 4.69) is 36.6 Å². The molecular weight excluding hydrogens is 276 g/mol. The number of aryl methyl sites for hydroxylation is 3. The van der Waals surface area contributed by atoms with Crippen molar-refractivity contribution >= 4 is 11.8 Å². The highest BCUT2D eigenvalue weighted by Gasteiger charge is 2.23. The fourth-order valence-corrected chi connectivity index (χ4v) is 3.11. The fourth-order valence-electron chi connectivity index (χ4n) is 3.11. The van der Waals surface area contributed by atoms with Crippen molar-refractivity contribution in [3.05, 3.63) is 34.4 Å². The molecule has 0 saturated heterocycles. The second-order valence-electron chi connectivity index (χ2n) is 6.44. The summed E-state index contributed by atoms with van der Waals surface area (Å²) >= 11 is 0. The maximum absolute atomic E-state index is 12.1. The SMILES string of the molecule is Cc1cc(C)c([C@H](C)NC(=O)C(=O)NC2CCCC2)cc1C. The third-order valence-corrected chi connectivity index (χ3v) is 4.59. The standard InChI is InChI=1S/C18H26N2O2/c1-11-9-13(3)16(10-12(11)2)14(4)19-17(21)18(22)20-15-7-5-6-8-15/h9-10,14-15H,5-8H2,1-4H3,(H,19,21)(H,20,22)/t14-/m0/s1. The summed E-state index contributed by atoms with van der Waals surface area (Å²) in [6, 6.07) is 4.19. The van der Waals surface area contributed by atoms with E-state index in [0.29, 0.717) is 0 Å². The second kappa shape index (κ2) is 6.95. The lowest BCUT2D eigenvalue weighted by Gasteiger charge is -2.19.